The molecule has 2 N–H and O–H groups in total. The van der Waals surface area contributed by atoms with E-state index < -0.39 is 17.9 Å². The van der Waals surface area contributed by atoms with Crippen LogP contribution in [0.25, 0.3) is 22.2 Å². The van der Waals surface area contributed by atoms with Crippen molar-refractivity contribution in [2.45, 2.75) is 25.9 Å². The zero-order valence-corrected chi connectivity index (χ0v) is 18.5. The number of nitrogens with one attached hydrogen (secondary N) is 2. The summed E-state index contributed by atoms with van der Waals surface area (Å²) in [6, 6.07) is 20.5. The Balaban J connectivity index is 1.22. The van der Waals surface area contributed by atoms with Gasteiger partial charge in [0.1, 0.15) is 5.75 Å². The molecule has 4 rings (SSSR count). The molecule has 0 bridgehead atoms. The highest BCUT2D eigenvalue weighted by Crippen LogP contribution is 2.21. The Morgan fingerprint density at radius 3 is 2.58 bits per heavy atom. The molecule has 168 valence electrons. The van der Waals surface area contributed by atoms with E-state index in [2.05, 4.69) is 21.0 Å². The van der Waals surface area contributed by atoms with Crippen LogP contribution in [0.2, 0.25) is 5.02 Å². The Labute approximate surface area is 194 Å². The topological polar surface area (TPSA) is 106 Å². The second-order valence-electron chi connectivity index (χ2n) is 7.33. The molecule has 1 aromatic heterocycles. The molecule has 9 heteroatoms. The fraction of sp³-hybridized carbons (Fsp3) is 0.167. The maximum atomic E-state index is 12.3. The molecule has 0 fully saturated rings. The zero-order valence-electron chi connectivity index (χ0n) is 17.7. The number of hydrogen-bond donors (Lipinski definition) is 2. The van der Waals surface area contributed by atoms with Gasteiger partial charge < -0.3 is 9.26 Å². The molecule has 0 aliphatic heterocycles. The van der Waals surface area contributed by atoms with Crippen molar-refractivity contribution in [2.24, 2.45) is 0 Å². The average molecular weight is 465 g/mol. The Hall–Kier alpha value is -3.91. The van der Waals surface area contributed by atoms with Crippen LogP contribution >= 0.6 is 11.6 Å². The number of fused-ring (bicyclic) bond motifs is 1. The first kappa shape index (κ1) is 22.3. The SMILES string of the molecule is CC(Oc1ccc2ccccc2c1)C(=O)NNC(=O)CCc1nc(-c2ccc(Cl)cc2)no1. The minimum Gasteiger partial charge on any atom is -0.481 e. The molecule has 3 aromatic carbocycles. The Bertz CT molecular complexity index is 1270. The first-order chi connectivity index (χ1) is 16.0. The molecule has 1 unspecified atom stereocenters. The molecule has 2 amide bonds. The maximum absolute atomic E-state index is 12.3. The van der Waals surface area contributed by atoms with E-state index in [1.54, 1.807) is 37.3 Å². The lowest BCUT2D eigenvalue weighted by Gasteiger charge is -2.15. The van der Waals surface area contributed by atoms with E-state index in [1.807, 2.05) is 36.4 Å². The third-order valence-electron chi connectivity index (χ3n) is 4.86. The van der Waals surface area contributed by atoms with Gasteiger partial charge in [0.15, 0.2) is 6.10 Å². The van der Waals surface area contributed by atoms with Crippen molar-refractivity contribution < 1.29 is 18.8 Å². The number of benzene rings is 3. The number of hydrazine groups is 1. The average Bonchev–Trinajstić information content (AvgIpc) is 3.30. The predicted molar refractivity (Wildman–Crippen MR) is 123 cm³/mol. The van der Waals surface area contributed by atoms with Gasteiger partial charge in [-0.3, -0.25) is 20.4 Å². The number of halogens is 1. The fourth-order valence-electron chi connectivity index (χ4n) is 3.09. The highest BCUT2D eigenvalue weighted by atomic mass is 35.5. The van der Waals surface area contributed by atoms with Crippen molar-refractivity contribution >= 4 is 34.2 Å². The van der Waals surface area contributed by atoms with Crippen LogP contribution in [0.5, 0.6) is 5.75 Å². The predicted octanol–water partition coefficient (Wildman–Crippen LogP) is 4.09. The summed E-state index contributed by atoms with van der Waals surface area (Å²) in [6.07, 6.45) is -0.516. The van der Waals surface area contributed by atoms with Crippen molar-refractivity contribution in [3.63, 3.8) is 0 Å². The summed E-state index contributed by atoms with van der Waals surface area (Å²) < 4.78 is 10.9. The van der Waals surface area contributed by atoms with E-state index in [1.165, 1.54) is 0 Å². The van der Waals surface area contributed by atoms with Gasteiger partial charge in [0.25, 0.3) is 5.91 Å². The van der Waals surface area contributed by atoms with E-state index in [0.717, 1.165) is 16.3 Å². The smallest absolute Gasteiger partial charge is 0.279 e. The largest absolute Gasteiger partial charge is 0.481 e. The minimum atomic E-state index is -0.802. The molecule has 1 heterocycles. The third-order valence-corrected chi connectivity index (χ3v) is 5.12. The summed E-state index contributed by atoms with van der Waals surface area (Å²) in [5.74, 6) is 0.423. The molecule has 0 saturated carbocycles. The molecular formula is C24H21ClN4O4. The molecule has 4 aromatic rings. The van der Waals surface area contributed by atoms with Crippen LogP contribution in [0.15, 0.2) is 71.3 Å². The monoisotopic (exact) mass is 464 g/mol. The molecule has 33 heavy (non-hydrogen) atoms. The van der Waals surface area contributed by atoms with E-state index in [0.29, 0.717) is 22.5 Å². The number of nitrogens with zero attached hydrogens (tertiary/aromatic N) is 2. The van der Waals surface area contributed by atoms with Gasteiger partial charge in [-0.25, -0.2) is 0 Å². The number of ether oxygens (including phenoxy) is 1. The summed E-state index contributed by atoms with van der Waals surface area (Å²) in [7, 11) is 0. The number of carbonyl (C=O) groups excluding carboxylic acids is 2. The van der Waals surface area contributed by atoms with Crippen LogP contribution in [0.1, 0.15) is 19.2 Å². The quantitative estimate of drug-likeness (QED) is 0.399. The summed E-state index contributed by atoms with van der Waals surface area (Å²) in [5, 5.41) is 6.60. The molecule has 8 nitrogen and oxygen atoms in total. The van der Waals surface area contributed by atoms with Crippen molar-refractivity contribution in [2.75, 3.05) is 0 Å². The number of amides is 2. The summed E-state index contributed by atoms with van der Waals surface area (Å²) in [5.41, 5.74) is 5.50. The number of rotatable bonds is 7. The van der Waals surface area contributed by atoms with Gasteiger partial charge in [0.05, 0.1) is 0 Å². The van der Waals surface area contributed by atoms with Crippen molar-refractivity contribution in [1.82, 2.24) is 21.0 Å². The molecule has 0 aliphatic rings. The van der Waals surface area contributed by atoms with Gasteiger partial charge in [-0.05, 0) is 54.1 Å². The summed E-state index contributed by atoms with van der Waals surface area (Å²) in [6.45, 7) is 1.60. The Morgan fingerprint density at radius 1 is 1.03 bits per heavy atom. The summed E-state index contributed by atoms with van der Waals surface area (Å²) >= 11 is 5.88. The van der Waals surface area contributed by atoms with E-state index in [9.17, 15) is 9.59 Å². The summed E-state index contributed by atoms with van der Waals surface area (Å²) in [4.78, 5) is 28.6. The van der Waals surface area contributed by atoms with Crippen molar-refractivity contribution in [3.8, 4) is 17.1 Å². The standard InChI is InChI=1S/C24H21ClN4O4/c1-15(32-20-11-8-16-4-2-3-5-18(16)14-20)24(31)28-27-21(30)12-13-22-26-23(29-33-22)17-6-9-19(25)10-7-17/h2-11,14-15H,12-13H2,1H3,(H,27,30)(H,28,31). The van der Waals surface area contributed by atoms with Crippen molar-refractivity contribution in [1.29, 1.82) is 0 Å². The Kier molecular flexibility index (Phi) is 6.85. The third kappa shape index (κ3) is 5.87. The van der Waals surface area contributed by atoms with Gasteiger partial charge in [-0.15, -0.1) is 0 Å². The number of aryl methyl sites for hydroxylation is 1. The van der Waals surface area contributed by atoms with Gasteiger partial charge in [0, 0.05) is 23.4 Å². The first-order valence-electron chi connectivity index (χ1n) is 10.3. The number of carbonyl (C=O) groups is 2. The lowest BCUT2D eigenvalue weighted by Crippen LogP contribution is -2.47. The van der Waals surface area contributed by atoms with Crippen molar-refractivity contribution in [3.05, 3.63) is 77.6 Å². The second-order valence-corrected chi connectivity index (χ2v) is 7.76. The molecule has 0 saturated heterocycles. The molecular weight excluding hydrogens is 444 g/mol. The number of hydrogen-bond acceptors (Lipinski definition) is 6. The first-order valence-corrected chi connectivity index (χ1v) is 10.7. The van der Waals surface area contributed by atoms with Crippen LogP contribution in [0.3, 0.4) is 0 Å². The van der Waals surface area contributed by atoms with Crippen LogP contribution < -0.4 is 15.6 Å². The fourth-order valence-corrected chi connectivity index (χ4v) is 3.21. The normalized spacial score (nSPS) is 11.7. The lowest BCUT2D eigenvalue weighted by atomic mass is 10.1. The molecule has 0 radical (unpaired) electrons. The highest BCUT2D eigenvalue weighted by molar-refractivity contribution is 6.30. The van der Waals surface area contributed by atoms with Crippen LogP contribution in [-0.2, 0) is 16.0 Å². The van der Waals surface area contributed by atoms with Crippen LogP contribution in [0.4, 0.5) is 0 Å². The highest BCUT2D eigenvalue weighted by Gasteiger charge is 2.16. The van der Waals surface area contributed by atoms with Gasteiger partial charge in [-0.1, -0.05) is 47.1 Å². The van der Waals surface area contributed by atoms with Crippen LogP contribution in [-0.4, -0.2) is 28.1 Å². The second kappa shape index (κ2) is 10.1. The zero-order chi connectivity index (χ0) is 23.2. The minimum absolute atomic E-state index is 0.0580. The Morgan fingerprint density at radius 2 is 1.79 bits per heavy atom. The van der Waals surface area contributed by atoms with Gasteiger partial charge in [0.2, 0.25) is 17.6 Å². The molecule has 1 atom stereocenters. The van der Waals surface area contributed by atoms with E-state index >= 15 is 0 Å². The van der Waals surface area contributed by atoms with E-state index in [-0.39, 0.29) is 12.8 Å². The van der Waals surface area contributed by atoms with Crippen LogP contribution in [0, 0.1) is 0 Å². The molecule has 0 aliphatic carbocycles. The number of aromatic nitrogens is 2. The van der Waals surface area contributed by atoms with E-state index in [4.69, 9.17) is 20.9 Å². The van der Waals surface area contributed by atoms with Gasteiger partial charge >= 0.3 is 0 Å². The lowest BCUT2D eigenvalue weighted by molar-refractivity contribution is -0.132. The molecule has 0 spiro atoms. The van der Waals surface area contributed by atoms with Gasteiger partial charge in [-0.2, -0.15) is 4.98 Å². The maximum Gasteiger partial charge on any atom is 0.279 e.